The molecule has 154 valence electrons. The Morgan fingerprint density at radius 2 is 1.69 bits per heavy atom. The second kappa shape index (κ2) is 10.3. The van der Waals surface area contributed by atoms with Gasteiger partial charge in [0.25, 0.3) is 11.6 Å². The summed E-state index contributed by atoms with van der Waals surface area (Å²) in [6, 6.07) is 11.4. The zero-order valence-corrected chi connectivity index (χ0v) is 16.9. The predicted octanol–water partition coefficient (Wildman–Crippen LogP) is 1.74. The topological polar surface area (TPSA) is 103 Å². The number of carbonyl (C=O) groups excluding carboxylic acids is 2. The highest BCUT2D eigenvalue weighted by atomic mass is 16.6. The van der Waals surface area contributed by atoms with E-state index in [9.17, 15) is 19.7 Å². The summed E-state index contributed by atoms with van der Waals surface area (Å²) in [6.45, 7) is 7.39. The van der Waals surface area contributed by atoms with Gasteiger partial charge in [0.05, 0.1) is 30.7 Å². The highest BCUT2D eigenvalue weighted by Crippen LogP contribution is 2.18. The number of hydrogen-bond donors (Lipinski definition) is 2. The SMILES string of the molecule is CC[NH+](CC)Cc1ccccc1CNC(=O)c1cc(C(=O)OC)cc([N+](=O)[O-])c1. The maximum absolute atomic E-state index is 12.6. The van der Waals surface area contributed by atoms with Crippen molar-refractivity contribution in [1.82, 2.24) is 5.32 Å². The molecule has 0 aliphatic carbocycles. The first-order valence-corrected chi connectivity index (χ1v) is 9.45. The number of hydrogen-bond acceptors (Lipinski definition) is 5. The van der Waals surface area contributed by atoms with Crippen LogP contribution < -0.4 is 10.2 Å². The van der Waals surface area contributed by atoms with E-state index >= 15 is 0 Å². The smallest absolute Gasteiger partial charge is 0.338 e. The van der Waals surface area contributed by atoms with Crippen LogP contribution in [0.3, 0.4) is 0 Å². The minimum atomic E-state index is -0.740. The lowest BCUT2D eigenvalue weighted by molar-refractivity contribution is -0.910. The van der Waals surface area contributed by atoms with Crippen molar-refractivity contribution in [3.8, 4) is 0 Å². The molecule has 0 heterocycles. The maximum atomic E-state index is 12.6. The summed E-state index contributed by atoms with van der Waals surface area (Å²) in [5, 5.41) is 13.9. The van der Waals surface area contributed by atoms with Gasteiger partial charge in [-0.1, -0.05) is 24.3 Å². The lowest BCUT2D eigenvalue weighted by atomic mass is 10.1. The Kier molecular flexibility index (Phi) is 7.85. The van der Waals surface area contributed by atoms with Crippen LogP contribution in [0.15, 0.2) is 42.5 Å². The van der Waals surface area contributed by atoms with Crippen molar-refractivity contribution in [2.75, 3.05) is 20.2 Å². The number of quaternary nitrogens is 1. The molecular weight excluding hydrogens is 374 g/mol. The highest BCUT2D eigenvalue weighted by Gasteiger charge is 2.18. The van der Waals surface area contributed by atoms with Crippen LogP contribution in [0.2, 0.25) is 0 Å². The van der Waals surface area contributed by atoms with Crippen molar-refractivity contribution in [3.63, 3.8) is 0 Å². The summed E-state index contributed by atoms with van der Waals surface area (Å²) in [5.74, 6) is -1.24. The number of benzene rings is 2. The largest absolute Gasteiger partial charge is 0.465 e. The summed E-state index contributed by atoms with van der Waals surface area (Å²) in [6.07, 6.45) is 0. The minimum Gasteiger partial charge on any atom is -0.465 e. The van der Waals surface area contributed by atoms with E-state index in [0.717, 1.165) is 42.9 Å². The van der Waals surface area contributed by atoms with Crippen molar-refractivity contribution in [3.05, 3.63) is 74.8 Å². The highest BCUT2D eigenvalue weighted by molar-refractivity contribution is 5.98. The molecule has 2 N–H and O–H groups in total. The van der Waals surface area contributed by atoms with E-state index in [1.807, 2.05) is 24.3 Å². The summed E-state index contributed by atoms with van der Waals surface area (Å²) in [4.78, 5) is 36.3. The fraction of sp³-hybridized carbons (Fsp3) is 0.333. The van der Waals surface area contributed by atoms with E-state index in [1.165, 1.54) is 18.1 Å². The first kappa shape index (κ1) is 22.0. The van der Waals surface area contributed by atoms with Crippen LogP contribution in [0.1, 0.15) is 45.7 Å². The standard InChI is InChI=1S/C21H25N3O5/c1-4-23(5-2)14-16-9-7-6-8-15(16)13-22-20(25)17-10-18(21(26)29-3)12-19(11-17)24(27)28/h6-12H,4-5,13-14H2,1-3H3,(H,22,25)/p+1. The molecule has 0 saturated heterocycles. The number of amides is 1. The Morgan fingerprint density at radius 1 is 1.07 bits per heavy atom. The van der Waals surface area contributed by atoms with Gasteiger partial charge < -0.3 is 15.0 Å². The second-order valence-electron chi connectivity index (χ2n) is 6.60. The van der Waals surface area contributed by atoms with Crippen molar-refractivity contribution in [2.45, 2.75) is 26.9 Å². The van der Waals surface area contributed by atoms with E-state index in [2.05, 4.69) is 23.9 Å². The summed E-state index contributed by atoms with van der Waals surface area (Å²) >= 11 is 0. The third-order valence-electron chi connectivity index (χ3n) is 4.81. The lowest BCUT2D eigenvalue weighted by Crippen LogP contribution is -3.10. The van der Waals surface area contributed by atoms with Crippen molar-refractivity contribution in [2.24, 2.45) is 0 Å². The third-order valence-corrected chi connectivity index (χ3v) is 4.81. The molecule has 0 aliphatic rings. The van der Waals surface area contributed by atoms with Crippen molar-refractivity contribution >= 4 is 17.6 Å². The lowest BCUT2D eigenvalue weighted by Gasteiger charge is -2.18. The molecule has 8 heteroatoms. The molecule has 0 unspecified atom stereocenters. The molecule has 0 radical (unpaired) electrons. The number of nitro benzene ring substituents is 1. The minimum absolute atomic E-state index is 0.0337. The molecule has 8 nitrogen and oxygen atoms in total. The normalized spacial score (nSPS) is 10.6. The second-order valence-corrected chi connectivity index (χ2v) is 6.60. The molecule has 29 heavy (non-hydrogen) atoms. The van der Waals surface area contributed by atoms with Crippen LogP contribution in [0, 0.1) is 10.1 Å². The van der Waals surface area contributed by atoms with Gasteiger partial charge in [0.2, 0.25) is 0 Å². The molecule has 0 aliphatic heterocycles. The van der Waals surface area contributed by atoms with Gasteiger partial charge in [-0.15, -0.1) is 0 Å². The zero-order chi connectivity index (χ0) is 21.4. The van der Waals surface area contributed by atoms with Gasteiger partial charge in [-0.2, -0.15) is 0 Å². The number of rotatable bonds is 9. The van der Waals surface area contributed by atoms with E-state index in [4.69, 9.17) is 0 Å². The molecule has 1 amide bonds. The molecule has 2 aromatic carbocycles. The van der Waals surface area contributed by atoms with Gasteiger partial charge in [-0.25, -0.2) is 4.79 Å². The van der Waals surface area contributed by atoms with E-state index < -0.39 is 16.8 Å². The number of esters is 1. The molecule has 0 saturated carbocycles. The monoisotopic (exact) mass is 400 g/mol. The fourth-order valence-electron chi connectivity index (χ4n) is 3.03. The molecule has 0 aromatic heterocycles. The van der Waals surface area contributed by atoms with Crippen molar-refractivity contribution < 1.29 is 24.1 Å². The number of carbonyl (C=O) groups is 2. The van der Waals surface area contributed by atoms with Crippen LogP contribution in [0.4, 0.5) is 5.69 Å². The Morgan fingerprint density at radius 3 is 2.28 bits per heavy atom. The molecular formula is C21H26N3O5+. The first-order valence-electron chi connectivity index (χ1n) is 9.45. The van der Waals surface area contributed by atoms with E-state index in [1.54, 1.807) is 0 Å². The number of nitrogens with one attached hydrogen (secondary N) is 2. The Bertz CT molecular complexity index is 894. The Balaban J connectivity index is 2.20. The van der Waals surface area contributed by atoms with Gasteiger partial charge in [0.1, 0.15) is 6.54 Å². The average Bonchev–Trinajstić information content (AvgIpc) is 2.75. The van der Waals surface area contributed by atoms with Crippen LogP contribution in [0.5, 0.6) is 0 Å². The third kappa shape index (κ3) is 5.86. The van der Waals surface area contributed by atoms with E-state index in [0.29, 0.717) is 0 Å². The molecule has 2 aromatic rings. The van der Waals surface area contributed by atoms with Gasteiger partial charge in [0.15, 0.2) is 0 Å². The number of ether oxygens (including phenoxy) is 1. The average molecular weight is 400 g/mol. The van der Waals surface area contributed by atoms with Crippen LogP contribution in [-0.4, -0.2) is 37.0 Å². The molecule has 0 atom stereocenters. The molecule has 0 spiro atoms. The summed E-state index contributed by atoms with van der Waals surface area (Å²) in [7, 11) is 1.18. The van der Waals surface area contributed by atoms with Crippen LogP contribution in [-0.2, 0) is 17.8 Å². The zero-order valence-electron chi connectivity index (χ0n) is 16.9. The summed E-state index contributed by atoms with van der Waals surface area (Å²) in [5.41, 5.74) is 1.77. The summed E-state index contributed by atoms with van der Waals surface area (Å²) < 4.78 is 4.61. The number of nitro groups is 1. The predicted molar refractivity (Wildman–Crippen MR) is 108 cm³/mol. The number of nitrogens with zero attached hydrogens (tertiary/aromatic N) is 1. The number of methoxy groups -OCH3 is 1. The van der Waals surface area contributed by atoms with Crippen molar-refractivity contribution in [1.29, 1.82) is 0 Å². The Labute approximate surface area is 169 Å². The van der Waals surface area contributed by atoms with Crippen LogP contribution in [0.25, 0.3) is 0 Å². The fourth-order valence-corrected chi connectivity index (χ4v) is 3.03. The molecule has 2 rings (SSSR count). The van der Waals surface area contributed by atoms with E-state index in [-0.39, 0.29) is 23.4 Å². The van der Waals surface area contributed by atoms with Gasteiger partial charge >= 0.3 is 5.97 Å². The van der Waals surface area contributed by atoms with Gasteiger partial charge in [-0.05, 0) is 25.5 Å². The van der Waals surface area contributed by atoms with Crippen LogP contribution >= 0.6 is 0 Å². The first-order chi connectivity index (χ1) is 13.9. The molecule has 0 fully saturated rings. The maximum Gasteiger partial charge on any atom is 0.338 e. The van der Waals surface area contributed by atoms with Gasteiger partial charge in [-0.3, -0.25) is 14.9 Å². The van der Waals surface area contributed by atoms with Gasteiger partial charge in [0, 0.05) is 29.8 Å². The number of non-ortho nitro benzene ring substituents is 1. The quantitative estimate of drug-likeness (QED) is 0.379. The Hall–Kier alpha value is -3.26. The molecule has 0 bridgehead atoms.